The molecule has 28 heavy (non-hydrogen) atoms. The molecule has 160 valence electrons. The van der Waals surface area contributed by atoms with Crippen LogP contribution in [0.25, 0.3) is 0 Å². The van der Waals surface area contributed by atoms with Crippen LogP contribution in [-0.2, 0) is 24.0 Å². The smallest absolute Gasteiger partial charge is 0.328 e. The lowest BCUT2D eigenvalue weighted by atomic mass is 10.0. The molecule has 0 fully saturated rings. The summed E-state index contributed by atoms with van der Waals surface area (Å²) in [6.07, 6.45) is -0.0654. The van der Waals surface area contributed by atoms with Crippen LogP contribution in [0.4, 0.5) is 0 Å². The van der Waals surface area contributed by atoms with Gasteiger partial charge in [-0.2, -0.15) is 0 Å². The molecule has 4 unspecified atom stereocenters. The number of carbonyl (C=O) groups excluding carboxylic acids is 4. The number of carboxylic acids is 1. The van der Waals surface area contributed by atoms with Crippen LogP contribution in [0, 0.1) is 5.92 Å². The zero-order chi connectivity index (χ0) is 22.0. The number of aliphatic carboxylic acids is 1. The summed E-state index contributed by atoms with van der Waals surface area (Å²) in [5.74, 6) is -4.54. The van der Waals surface area contributed by atoms with Crippen LogP contribution in [0.2, 0.25) is 0 Å². The van der Waals surface area contributed by atoms with E-state index in [0.29, 0.717) is 0 Å². The number of rotatable bonds is 12. The molecule has 4 amide bonds. The van der Waals surface area contributed by atoms with Crippen molar-refractivity contribution in [1.29, 1.82) is 0 Å². The SMILES string of the molecule is CC(NC(=O)C(NC(=O)C(N)CCC(N)=O)C(C)C)C(=O)NC(CO)C(=O)O. The quantitative estimate of drug-likeness (QED) is 0.175. The van der Waals surface area contributed by atoms with Gasteiger partial charge in [-0.05, 0) is 19.3 Å². The van der Waals surface area contributed by atoms with E-state index in [1.807, 2.05) is 0 Å². The molecule has 0 aliphatic heterocycles. The van der Waals surface area contributed by atoms with E-state index >= 15 is 0 Å². The van der Waals surface area contributed by atoms with Crippen LogP contribution in [0.1, 0.15) is 33.6 Å². The number of nitrogens with two attached hydrogens (primary N) is 2. The number of hydrogen-bond acceptors (Lipinski definition) is 7. The molecule has 0 rings (SSSR count). The Morgan fingerprint density at radius 3 is 1.93 bits per heavy atom. The van der Waals surface area contributed by atoms with Gasteiger partial charge in [-0.3, -0.25) is 19.2 Å². The fraction of sp³-hybridized carbons (Fsp3) is 0.688. The van der Waals surface area contributed by atoms with Crippen molar-refractivity contribution in [3.8, 4) is 0 Å². The predicted octanol–water partition coefficient (Wildman–Crippen LogP) is -3.21. The molecule has 0 aliphatic rings. The zero-order valence-corrected chi connectivity index (χ0v) is 16.1. The Bertz CT molecular complexity index is 596. The highest BCUT2D eigenvalue weighted by atomic mass is 16.4. The van der Waals surface area contributed by atoms with Gasteiger partial charge in [0.25, 0.3) is 0 Å². The van der Waals surface area contributed by atoms with Crippen molar-refractivity contribution >= 4 is 29.6 Å². The van der Waals surface area contributed by atoms with Gasteiger partial charge in [0.05, 0.1) is 12.6 Å². The minimum atomic E-state index is -1.50. The molecule has 0 spiro atoms. The average molecular weight is 403 g/mol. The van der Waals surface area contributed by atoms with E-state index in [1.165, 1.54) is 6.92 Å². The predicted molar refractivity (Wildman–Crippen MR) is 97.4 cm³/mol. The molecule has 12 nitrogen and oxygen atoms in total. The second kappa shape index (κ2) is 11.9. The maximum atomic E-state index is 12.4. The molecule has 0 aromatic carbocycles. The van der Waals surface area contributed by atoms with Crippen molar-refractivity contribution in [2.45, 2.75) is 57.8 Å². The fourth-order valence-corrected chi connectivity index (χ4v) is 2.08. The Morgan fingerprint density at radius 1 is 0.929 bits per heavy atom. The first-order valence-electron chi connectivity index (χ1n) is 8.69. The number of aliphatic hydroxyl groups is 1. The third-order valence-electron chi connectivity index (χ3n) is 3.83. The van der Waals surface area contributed by atoms with E-state index in [-0.39, 0.29) is 18.8 Å². The summed E-state index contributed by atoms with van der Waals surface area (Å²) < 4.78 is 0. The molecule has 4 atom stereocenters. The third-order valence-corrected chi connectivity index (χ3v) is 3.83. The molecule has 0 radical (unpaired) electrons. The minimum Gasteiger partial charge on any atom is -0.480 e. The summed E-state index contributed by atoms with van der Waals surface area (Å²) in [5, 5.41) is 24.7. The van der Waals surface area contributed by atoms with Crippen LogP contribution >= 0.6 is 0 Å². The van der Waals surface area contributed by atoms with E-state index in [1.54, 1.807) is 13.8 Å². The molecular weight excluding hydrogens is 374 g/mol. The lowest BCUT2D eigenvalue weighted by Crippen LogP contribution is -2.58. The molecule has 0 aromatic heterocycles. The minimum absolute atomic E-state index is 0.0180. The van der Waals surface area contributed by atoms with Gasteiger partial charge in [0.15, 0.2) is 0 Å². The van der Waals surface area contributed by atoms with Gasteiger partial charge in [0.1, 0.15) is 18.1 Å². The van der Waals surface area contributed by atoms with Crippen molar-refractivity contribution in [3.05, 3.63) is 0 Å². The topological polar surface area (TPSA) is 214 Å². The maximum absolute atomic E-state index is 12.4. The van der Waals surface area contributed by atoms with Gasteiger partial charge in [0.2, 0.25) is 23.6 Å². The van der Waals surface area contributed by atoms with Crippen LogP contribution < -0.4 is 27.4 Å². The second-order valence-corrected chi connectivity index (χ2v) is 6.65. The zero-order valence-electron chi connectivity index (χ0n) is 16.1. The van der Waals surface area contributed by atoms with Crippen molar-refractivity contribution < 1.29 is 34.2 Å². The number of carboxylic acid groups (broad SMARTS) is 1. The van der Waals surface area contributed by atoms with E-state index in [9.17, 15) is 24.0 Å². The number of primary amides is 1. The number of carbonyl (C=O) groups is 5. The monoisotopic (exact) mass is 403 g/mol. The Hall–Kier alpha value is -2.73. The summed E-state index contributed by atoms with van der Waals surface area (Å²) in [5.41, 5.74) is 10.7. The van der Waals surface area contributed by atoms with E-state index in [4.69, 9.17) is 21.7 Å². The molecule has 12 heteroatoms. The highest BCUT2D eigenvalue weighted by Crippen LogP contribution is 2.04. The van der Waals surface area contributed by atoms with Gasteiger partial charge in [-0.25, -0.2) is 4.79 Å². The van der Waals surface area contributed by atoms with Gasteiger partial charge >= 0.3 is 5.97 Å². The lowest BCUT2D eigenvalue weighted by Gasteiger charge is -2.25. The molecule has 9 N–H and O–H groups in total. The molecule has 0 aromatic rings. The Balaban J connectivity index is 4.89. The first kappa shape index (κ1) is 25.3. The third kappa shape index (κ3) is 8.77. The summed E-state index contributed by atoms with van der Waals surface area (Å²) in [6.45, 7) is 3.84. The standard InChI is InChI=1S/C16H29N5O7/c1-7(2)12(21-14(25)9(17)4-5-11(18)23)15(26)19-8(3)13(24)20-10(6-22)16(27)28/h7-10,12,22H,4-6,17H2,1-3H3,(H2,18,23)(H,19,26)(H,20,24)(H,21,25)(H,27,28). The van der Waals surface area contributed by atoms with E-state index in [0.717, 1.165) is 0 Å². The highest BCUT2D eigenvalue weighted by molar-refractivity contribution is 5.94. The number of aliphatic hydroxyl groups excluding tert-OH is 1. The Kier molecular flexibility index (Phi) is 10.7. The fourth-order valence-electron chi connectivity index (χ4n) is 2.08. The molecular formula is C16H29N5O7. The Labute approximate surface area is 162 Å². The molecule has 0 aliphatic carbocycles. The lowest BCUT2D eigenvalue weighted by molar-refractivity contribution is -0.143. The van der Waals surface area contributed by atoms with Gasteiger partial charge in [-0.15, -0.1) is 0 Å². The van der Waals surface area contributed by atoms with Crippen molar-refractivity contribution in [2.75, 3.05) is 6.61 Å². The van der Waals surface area contributed by atoms with Crippen molar-refractivity contribution in [3.63, 3.8) is 0 Å². The first-order chi connectivity index (χ1) is 12.9. The number of hydrogen-bond donors (Lipinski definition) is 7. The first-order valence-corrected chi connectivity index (χ1v) is 8.69. The van der Waals surface area contributed by atoms with E-state index < -0.39 is 60.4 Å². The summed E-state index contributed by atoms with van der Waals surface area (Å²) in [6, 6.07) is -4.68. The van der Waals surface area contributed by atoms with Crippen molar-refractivity contribution in [2.24, 2.45) is 17.4 Å². The van der Waals surface area contributed by atoms with Crippen molar-refractivity contribution in [1.82, 2.24) is 16.0 Å². The second-order valence-electron chi connectivity index (χ2n) is 6.65. The van der Waals surface area contributed by atoms with Gasteiger partial charge < -0.3 is 37.6 Å². The molecule has 0 saturated carbocycles. The highest BCUT2D eigenvalue weighted by Gasteiger charge is 2.29. The van der Waals surface area contributed by atoms with Crippen LogP contribution in [0.15, 0.2) is 0 Å². The average Bonchev–Trinajstić information content (AvgIpc) is 2.60. The number of amides is 4. The largest absolute Gasteiger partial charge is 0.480 e. The van der Waals surface area contributed by atoms with Gasteiger partial charge in [-0.1, -0.05) is 13.8 Å². The summed E-state index contributed by atoms with van der Waals surface area (Å²) in [4.78, 5) is 58.1. The normalized spacial score (nSPS) is 15.1. The van der Waals surface area contributed by atoms with Crippen LogP contribution in [-0.4, -0.2) is 70.6 Å². The number of nitrogens with one attached hydrogen (secondary N) is 3. The maximum Gasteiger partial charge on any atom is 0.328 e. The van der Waals surface area contributed by atoms with E-state index in [2.05, 4.69) is 16.0 Å². The Morgan fingerprint density at radius 2 is 1.50 bits per heavy atom. The summed E-state index contributed by atoms with van der Waals surface area (Å²) in [7, 11) is 0. The van der Waals surface area contributed by atoms with Crippen LogP contribution in [0.3, 0.4) is 0 Å². The molecule has 0 heterocycles. The molecule has 0 bridgehead atoms. The van der Waals surface area contributed by atoms with Crippen LogP contribution in [0.5, 0.6) is 0 Å². The summed E-state index contributed by atoms with van der Waals surface area (Å²) >= 11 is 0. The molecule has 0 saturated heterocycles. The van der Waals surface area contributed by atoms with Gasteiger partial charge in [0, 0.05) is 6.42 Å².